The molecule has 0 saturated carbocycles. The van der Waals surface area contributed by atoms with E-state index in [4.69, 9.17) is 16.3 Å². The maximum absolute atomic E-state index is 13.0. The second-order valence-corrected chi connectivity index (χ2v) is 7.88. The summed E-state index contributed by atoms with van der Waals surface area (Å²) in [4.78, 5) is 20.5. The minimum absolute atomic E-state index is 0.190. The van der Waals surface area contributed by atoms with E-state index in [0.29, 0.717) is 40.5 Å². The summed E-state index contributed by atoms with van der Waals surface area (Å²) in [6.07, 6.45) is 4.49. The minimum Gasteiger partial charge on any atom is -0.493 e. The first-order valence-corrected chi connectivity index (χ1v) is 10.1. The standard InChI is InChI=1S/C20H15BBrClN4O2/c1-29-19-13(23)3-2-4-15(19)27-18-16-14(5-7-21(10-24)20(16)28)26-17(18)11-6-8-25-9-12(11)22/h2-4,6,8-9,26-27H,5,7H2,1H3. The van der Waals surface area contributed by atoms with Crippen molar-refractivity contribution in [2.75, 3.05) is 12.4 Å². The number of halogens is 2. The topological polar surface area (TPSA) is 90.8 Å². The largest absolute Gasteiger partial charge is 0.493 e. The number of pyridine rings is 1. The van der Waals surface area contributed by atoms with Crippen LogP contribution < -0.4 is 10.1 Å². The summed E-state index contributed by atoms with van der Waals surface area (Å²) in [7, 11) is 1.54. The quantitative estimate of drug-likeness (QED) is 0.520. The number of aromatic amines is 1. The van der Waals surface area contributed by atoms with Gasteiger partial charge in [-0.15, -0.1) is 0 Å². The van der Waals surface area contributed by atoms with Gasteiger partial charge in [0.1, 0.15) is 5.68 Å². The average molecular weight is 470 g/mol. The molecule has 2 aromatic heterocycles. The Kier molecular flexibility index (Phi) is 5.35. The van der Waals surface area contributed by atoms with Crippen LogP contribution in [0.5, 0.6) is 5.75 Å². The molecular formula is C20H15BBrClN4O2. The number of hydrogen-bond acceptors (Lipinski definition) is 5. The maximum Gasteiger partial charge on any atom is 0.351 e. The van der Waals surface area contributed by atoms with E-state index in [1.807, 2.05) is 12.1 Å². The lowest BCUT2D eigenvalue weighted by molar-refractivity contribution is 0.107. The summed E-state index contributed by atoms with van der Waals surface area (Å²) in [6.45, 7) is -0.658. The number of methoxy groups -OCH3 is 1. The zero-order valence-corrected chi connectivity index (χ0v) is 17.8. The Bertz CT molecular complexity index is 1160. The van der Waals surface area contributed by atoms with Crippen molar-refractivity contribution in [2.24, 2.45) is 0 Å². The number of carbonyl (C=O) groups excluding carboxylic acids is 1. The van der Waals surface area contributed by atoms with Crippen molar-refractivity contribution in [1.29, 1.82) is 5.26 Å². The summed E-state index contributed by atoms with van der Waals surface area (Å²) in [5.41, 5.74) is 3.92. The molecule has 144 valence electrons. The Labute approximate surface area is 181 Å². The first-order chi connectivity index (χ1) is 14.0. The maximum atomic E-state index is 13.0. The van der Waals surface area contributed by atoms with Crippen molar-refractivity contribution >= 4 is 51.3 Å². The number of H-pyrrole nitrogens is 1. The number of benzene rings is 1. The van der Waals surface area contributed by atoms with Crippen molar-refractivity contribution in [3.63, 3.8) is 0 Å². The molecule has 3 aromatic rings. The summed E-state index contributed by atoms with van der Waals surface area (Å²) >= 11 is 9.80. The van der Waals surface area contributed by atoms with E-state index in [0.717, 1.165) is 21.4 Å². The van der Waals surface area contributed by atoms with E-state index in [1.54, 1.807) is 24.5 Å². The number of ether oxygens (including phenoxy) is 1. The Morgan fingerprint density at radius 2 is 2.24 bits per heavy atom. The van der Waals surface area contributed by atoms with Crippen LogP contribution in [0.4, 0.5) is 11.4 Å². The zero-order chi connectivity index (χ0) is 20.5. The zero-order valence-electron chi connectivity index (χ0n) is 15.4. The summed E-state index contributed by atoms with van der Waals surface area (Å²) in [5.74, 6) is 2.60. The molecule has 0 aliphatic carbocycles. The molecule has 0 bridgehead atoms. The molecule has 1 aliphatic heterocycles. The van der Waals surface area contributed by atoms with Gasteiger partial charge in [-0.05, 0) is 46.9 Å². The van der Waals surface area contributed by atoms with Gasteiger partial charge in [0, 0.05) is 34.1 Å². The third-order valence-corrected chi connectivity index (χ3v) is 5.88. The number of anilines is 2. The molecule has 0 saturated heterocycles. The number of nitriles is 1. The van der Waals surface area contributed by atoms with E-state index >= 15 is 0 Å². The van der Waals surface area contributed by atoms with E-state index in [1.165, 1.54) is 7.11 Å². The SMILES string of the molecule is COc1c(Cl)cccc1Nc1c(-c2ccncc2Br)[nH]c2c1C(=O)B(C#N)CC2. The van der Waals surface area contributed by atoms with Gasteiger partial charge in [-0.3, -0.25) is 4.98 Å². The fourth-order valence-electron chi connectivity index (χ4n) is 3.58. The second kappa shape index (κ2) is 7.93. The number of para-hydroxylation sites is 1. The molecule has 4 rings (SSSR count). The summed E-state index contributed by atoms with van der Waals surface area (Å²) in [5, 5.41) is 13.2. The van der Waals surface area contributed by atoms with Gasteiger partial charge >= 0.3 is 6.71 Å². The van der Waals surface area contributed by atoms with Gasteiger partial charge in [-0.1, -0.05) is 17.7 Å². The lowest BCUT2D eigenvalue weighted by Crippen LogP contribution is -2.30. The van der Waals surface area contributed by atoms with Crippen LogP contribution in [-0.2, 0) is 6.42 Å². The fraction of sp³-hybridized carbons (Fsp3) is 0.150. The third-order valence-electron chi connectivity index (χ3n) is 4.95. The lowest BCUT2D eigenvalue weighted by atomic mass is 9.41. The number of nitrogens with zero attached hydrogens (tertiary/aromatic N) is 2. The number of aromatic nitrogens is 2. The molecule has 1 aromatic carbocycles. The number of fused-ring (bicyclic) bond motifs is 1. The monoisotopic (exact) mass is 468 g/mol. The average Bonchev–Trinajstić information content (AvgIpc) is 3.08. The molecule has 0 atom stereocenters. The molecule has 3 heterocycles. The van der Waals surface area contributed by atoms with Crippen LogP contribution in [0.3, 0.4) is 0 Å². The van der Waals surface area contributed by atoms with Crippen LogP contribution in [-0.4, -0.2) is 29.5 Å². The fourth-order valence-corrected chi connectivity index (χ4v) is 4.28. The van der Waals surface area contributed by atoms with Gasteiger partial charge < -0.3 is 19.8 Å². The molecule has 6 nitrogen and oxygen atoms in total. The van der Waals surface area contributed by atoms with E-state index in [2.05, 4.69) is 37.2 Å². The normalized spacial score (nSPS) is 13.0. The molecule has 1 aliphatic rings. The highest BCUT2D eigenvalue weighted by molar-refractivity contribution is 9.10. The van der Waals surface area contributed by atoms with Crippen molar-refractivity contribution in [1.82, 2.24) is 9.97 Å². The smallest absolute Gasteiger partial charge is 0.351 e. The lowest BCUT2D eigenvalue weighted by Gasteiger charge is -2.17. The Balaban J connectivity index is 1.93. The molecule has 29 heavy (non-hydrogen) atoms. The van der Waals surface area contributed by atoms with Crippen molar-refractivity contribution < 1.29 is 9.53 Å². The van der Waals surface area contributed by atoms with Crippen LogP contribution in [0.25, 0.3) is 11.3 Å². The van der Waals surface area contributed by atoms with Gasteiger partial charge in [0.25, 0.3) is 0 Å². The third kappa shape index (κ3) is 3.41. The Hall–Kier alpha value is -2.76. The summed E-state index contributed by atoms with van der Waals surface area (Å²) in [6, 6.07) is 7.21. The number of carbonyl (C=O) groups is 1. The second-order valence-electron chi connectivity index (χ2n) is 6.61. The number of hydrogen-bond donors (Lipinski definition) is 2. The molecule has 9 heteroatoms. The van der Waals surface area contributed by atoms with E-state index in [9.17, 15) is 10.1 Å². The van der Waals surface area contributed by atoms with Gasteiger partial charge in [-0.25, -0.2) is 5.26 Å². The Morgan fingerprint density at radius 1 is 1.41 bits per heavy atom. The Morgan fingerprint density at radius 3 is 2.97 bits per heavy atom. The van der Waals surface area contributed by atoms with E-state index in [-0.39, 0.29) is 5.68 Å². The first kappa shape index (κ1) is 19.6. The van der Waals surface area contributed by atoms with Crippen molar-refractivity contribution in [3.8, 4) is 23.0 Å². The minimum atomic E-state index is -0.658. The van der Waals surface area contributed by atoms with Crippen molar-refractivity contribution in [2.45, 2.75) is 12.7 Å². The molecular weight excluding hydrogens is 454 g/mol. The van der Waals surface area contributed by atoms with Gasteiger partial charge in [0.05, 0.1) is 34.8 Å². The predicted octanol–water partition coefficient (Wildman–Crippen LogP) is 5.08. The van der Waals surface area contributed by atoms with Crippen LogP contribution in [0, 0.1) is 11.2 Å². The van der Waals surface area contributed by atoms with Crippen LogP contribution in [0.1, 0.15) is 16.1 Å². The van der Waals surface area contributed by atoms with Gasteiger partial charge in [-0.2, -0.15) is 0 Å². The predicted molar refractivity (Wildman–Crippen MR) is 117 cm³/mol. The molecule has 0 radical (unpaired) electrons. The number of rotatable bonds is 4. The molecule has 0 unspecified atom stereocenters. The highest BCUT2D eigenvalue weighted by atomic mass is 79.9. The van der Waals surface area contributed by atoms with Crippen LogP contribution in [0.2, 0.25) is 11.3 Å². The highest BCUT2D eigenvalue weighted by Gasteiger charge is 2.37. The first-order valence-electron chi connectivity index (χ1n) is 8.93. The highest BCUT2D eigenvalue weighted by Crippen LogP contribution is 2.43. The van der Waals surface area contributed by atoms with E-state index < -0.39 is 6.71 Å². The van der Waals surface area contributed by atoms with Gasteiger partial charge in [0.2, 0.25) is 0 Å². The number of nitrogens with one attached hydrogen (secondary N) is 2. The van der Waals surface area contributed by atoms with Crippen LogP contribution >= 0.6 is 27.5 Å². The number of aryl methyl sites for hydroxylation is 1. The summed E-state index contributed by atoms with van der Waals surface area (Å²) < 4.78 is 6.23. The van der Waals surface area contributed by atoms with Crippen molar-refractivity contribution in [3.05, 3.63) is 57.4 Å². The molecule has 0 fully saturated rings. The molecule has 2 N–H and O–H groups in total. The molecule has 0 amide bonds. The van der Waals surface area contributed by atoms with Crippen LogP contribution in [0.15, 0.2) is 41.1 Å². The van der Waals surface area contributed by atoms with Gasteiger partial charge in [0.15, 0.2) is 5.75 Å². The molecule has 0 spiro atoms.